The van der Waals surface area contributed by atoms with Crippen LogP contribution in [0, 0.1) is 0 Å². The smallest absolute Gasteiger partial charge is 0.191 e. The molecule has 3 aromatic rings. The number of halogens is 1. The van der Waals surface area contributed by atoms with Gasteiger partial charge in [0.25, 0.3) is 0 Å². The highest BCUT2D eigenvalue weighted by Gasteiger charge is 2.07. The molecule has 0 radical (unpaired) electrons. The van der Waals surface area contributed by atoms with Crippen molar-refractivity contribution >= 4 is 58.1 Å². The van der Waals surface area contributed by atoms with Crippen LogP contribution in [0.1, 0.15) is 4.88 Å². The van der Waals surface area contributed by atoms with Crippen molar-refractivity contribution in [3.05, 3.63) is 34.9 Å². The summed E-state index contributed by atoms with van der Waals surface area (Å²) in [5.41, 5.74) is 0.814. The van der Waals surface area contributed by atoms with Crippen molar-refractivity contribution in [1.82, 2.24) is 30.4 Å². The zero-order chi connectivity index (χ0) is 16.8. The van der Waals surface area contributed by atoms with Gasteiger partial charge in [0.2, 0.25) is 0 Å². The molecule has 0 saturated carbocycles. The second-order valence-corrected chi connectivity index (χ2v) is 6.12. The van der Waals surface area contributed by atoms with Crippen LogP contribution in [0.4, 0.5) is 5.82 Å². The van der Waals surface area contributed by atoms with Crippen LogP contribution in [0.3, 0.4) is 0 Å². The lowest BCUT2D eigenvalue weighted by Gasteiger charge is -2.12. The molecule has 0 aliphatic rings. The van der Waals surface area contributed by atoms with Crippen molar-refractivity contribution in [3.63, 3.8) is 0 Å². The molecule has 0 bridgehead atoms. The second-order valence-electron chi connectivity index (χ2n) is 5.09. The molecule has 0 aliphatic carbocycles. The molecule has 3 heterocycles. The van der Waals surface area contributed by atoms with E-state index in [1.807, 2.05) is 13.1 Å². The van der Waals surface area contributed by atoms with E-state index in [1.165, 1.54) is 4.88 Å². The van der Waals surface area contributed by atoms with Gasteiger partial charge in [-0.25, -0.2) is 9.97 Å². The quantitative estimate of drug-likeness (QED) is 0.220. The molecule has 25 heavy (non-hydrogen) atoms. The summed E-state index contributed by atoms with van der Waals surface area (Å²) in [6.45, 7) is 2.20. The maximum atomic E-state index is 4.28. The Bertz CT molecular complexity index is 814. The summed E-state index contributed by atoms with van der Waals surface area (Å²) in [4.78, 5) is 14.0. The number of aryl methyl sites for hydroxylation is 1. The number of anilines is 1. The predicted molar refractivity (Wildman–Crippen MR) is 113 cm³/mol. The number of guanidine groups is 1. The first-order valence-corrected chi connectivity index (χ1v) is 8.49. The minimum absolute atomic E-state index is 0. The first kappa shape index (κ1) is 19.4. The van der Waals surface area contributed by atoms with E-state index in [2.05, 4.69) is 47.5 Å². The fourth-order valence-corrected chi connectivity index (χ4v) is 2.91. The number of fused-ring (bicyclic) bond motifs is 1. The molecule has 0 fully saturated rings. The van der Waals surface area contributed by atoms with Gasteiger partial charge in [0.15, 0.2) is 11.6 Å². The van der Waals surface area contributed by atoms with Crippen LogP contribution in [-0.2, 0) is 13.6 Å². The van der Waals surface area contributed by atoms with E-state index in [9.17, 15) is 0 Å². The molecular weight excluding hydrogens is 451 g/mol. The number of hydrogen-bond acceptors (Lipinski definition) is 6. The molecule has 0 aliphatic heterocycles. The molecule has 0 atom stereocenters. The normalized spacial score (nSPS) is 11.2. The average molecular weight is 472 g/mol. The number of aromatic nitrogens is 4. The monoisotopic (exact) mass is 472 g/mol. The lowest BCUT2D eigenvalue weighted by Crippen LogP contribution is -2.39. The molecular formula is C15H21IN8S. The van der Waals surface area contributed by atoms with Gasteiger partial charge >= 0.3 is 0 Å². The minimum atomic E-state index is 0. The molecule has 10 heteroatoms. The molecule has 8 nitrogen and oxygen atoms in total. The van der Waals surface area contributed by atoms with E-state index in [0.29, 0.717) is 6.54 Å². The van der Waals surface area contributed by atoms with Gasteiger partial charge in [-0.05, 0) is 11.4 Å². The summed E-state index contributed by atoms with van der Waals surface area (Å²) in [5, 5.41) is 17.1. The Morgan fingerprint density at radius 2 is 2.16 bits per heavy atom. The maximum Gasteiger partial charge on any atom is 0.191 e. The molecule has 0 unspecified atom stereocenters. The van der Waals surface area contributed by atoms with E-state index in [0.717, 1.165) is 35.9 Å². The number of nitrogens with one attached hydrogen (secondary N) is 3. The molecule has 0 saturated heterocycles. The highest BCUT2D eigenvalue weighted by atomic mass is 127. The van der Waals surface area contributed by atoms with Gasteiger partial charge in [-0.3, -0.25) is 9.67 Å². The SMILES string of the molecule is CN=C(NCCNc1ncnc2c1cnn2C)NCc1cccs1.I. The number of rotatable bonds is 6. The zero-order valence-electron chi connectivity index (χ0n) is 14.1. The van der Waals surface area contributed by atoms with Crippen LogP contribution in [0.5, 0.6) is 0 Å². The highest BCUT2D eigenvalue weighted by molar-refractivity contribution is 14.0. The first-order chi connectivity index (χ1) is 11.8. The van der Waals surface area contributed by atoms with Crippen molar-refractivity contribution in [2.24, 2.45) is 12.0 Å². The van der Waals surface area contributed by atoms with Crippen LogP contribution >= 0.6 is 35.3 Å². The van der Waals surface area contributed by atoms with Crippen molar-refractivity contribution in [1.29, 1.82) is 0 Å². The van der Waals surface area contributed by atoms with Crippen molar-refractivity contribution in [3.8, 4) is 0 Å². The van der Waals surface area contributed by atoms with E-state index in [4.69, 9.17) is 0 Å². The number of thiophene rings is 1. The standard InChI is InChI=1S/C15H20N8S.HI/c1-16-15(19-8-11-4-3-7-24-11)18-6-5-17-13-12-9-22-23(2)14(12)21-10-20-13;/h3-4,7,9-10H,5-6,8H2,1-2H3,(H2,16,18,19)(H,17,20,21);1H. The Balaban J connectivity index is 0.00000225. The Morgan fingerprint density at radius 1 is 1.28 bits per heavy atom. The minimum Gasteiger partial charge on any atom is -0.368 e. The van der Waals surface area contributed by atoms with Gasteiger partial charge in [0.1, 0.15) is 12.1 Å². The van der Waals surface area contributed by atoms with Gasteiger partial charge in [0, 0.05) is 32.1 Å². The Morgan fingerprint density at radius 3 is 2.92 bits per heavy atom. The van der Waals surface area contributed by atoms with E-state index >= 15 is 0 Å². The second kappa shape index (κ2) is 9.51. The molecule has 0 spiro atoms. The average Bonchev–Trinajstić information content (AvgIpc) is 3.25. The Kier molecular flexibility index (Phi) is 7.37. The van der Waals surface area contributed by atoms with E-state index in [-0.39, 0.29) is 24.0 Å². The lowest BCUT2D eigenvalue weighted by atomic mass is 10.4. The van der Waals surface area contributed by atoms with Gasteiger partial charge in [-0.15, -0.1) is 35.3 Å². The largest absolute Gasteiger partial charge is 0.368 e. The third kappa shape index (κ3) is 5.01. The van der Waals surface area contributed by atoms with Crippen LogP contribution < -0.4 is 16.0 Å². The zero-order valence-corrected chi connectivity index (χ0v) is 17.2. The lowest BCUT2D eigenvalue weighted by molar-refractivity contribution is 0.785. The molecule has 3 rings (SSSR count). The fraction of sp³-hybridized carbons (Fsp3) is 0.333. The highest BCUT2D eigenvalue weighted by Crippen LogP contribution is 2.17. The van der Waals surface area contributed by atoms with Crippen LogP contribution in [0.15, 0.2) is 35.0 Å². The number of nitrogens with zero attached hydrogens (tertiary/aromatic N) is 5. The third-order valence-electron chi connectivity index (χ3n) is 3.47. The van der Waals surface area contributed by atoms with Gasteiger partial charge in [-0.1, -0.05) is 6.07 Å². The van der Waals surface area contributed by atoms with Crippen molar-refractivity contribution < 1.29 is 0 Å². The number of aliphatic imine (C=N–C) groups is 1. The van der Waals surface area contributed by atoms with Gasteiger partial charge in [0.05, 0.1) is 18.1 Å². The molecule has 0 aromatic carbocycles. The van der Waals surface area contributed by atoms with Crippen LogP contribution in [-0.4, -0.2) is 45.8 Å². The van der Waals surface area contributed by atoms with E-state index < -0.39 is 0 Å². The topological polar surface area (TPSA) is 92.1 Å². The van der Waals surface area contributed by atoms with E-state index in [1.54, 1.807) is 35.6 Å². The van der Waals surface area contributed by atoms with Crippen molar-refractivity contribution in [2.45, 2.75) is 6.54 Å². The van der Waals surface area contributed by atoms with Gasteiger partial charge in [-0.2, -0.15) is 5.10 Å². The van der Waals surface area contributed by atoms with Crippen LogP contribution in [0.25, 0.3) is 11.0 Å². The summed E-state index contributed by atoms with van der Waals surface area (Å²) < 4.78 is 1.73. The molecule has 0 amide bonds. The number of hydrogen-bond donors (Lipinski definition) is 3. The maximum absolute atomic E-state index is 4.28. The Labute approximate surface area is 167 Å². The summed E-state index contributed by atoms with van der Waals surface area (Å²) in [6.07, 6.45) is 3.31. The third-order valence-corrected chi connectivity index (χ3v) is 4.35. The first-order valence-electron chi connectivity index (χ1n) is 7.61. The Hall–Kier alpha value is -1.95. The summed E-state index contributed by atoms with van der Waals surface area (Å²) in [7, 11) is 3.63. The molecule has 134 valence electrons. The van der Waals surface area contributed by atoms with Gasteiger partial charge < -0.3 is 16.0 Å². The summed E-state index contributed by atoms with van der Waals surface area (Å²) >= 11 is 1.72. The summed E-state index contributed by atoms with van der Waals surface area (Å²) in [5.74, 6) is 1.57. The summed E-state index contributed by atoms with van der Waals surface area (Å²) in [6, 6.07) is 4.14. The molecule has 3 N–H and O–H groups in total. The molecule has 3 aromatic heterocycles. The fourth-order valence-electron chi connectivity index (χ4n) is 2.27. The van der Waals surface area contributed by atoms with Crippen molar-refractivity contribution in [2.75, 3.05) is 25.5 Å². The predicted octanol–water partition coefficient (Wildman–Crippen LogP) is 1.82. The van der Waals surface area contributed by atoms with Crippen LogP contribution in [0.2, 0.25) is 0 Å².